The Labute approximate surface area is 133 Å². The van der Waals surface area contributed by atoms with Gasteiger partial charge in [0.2, 0.25) is 0 Å². The predicted octanol–water partition coefficient (Wildman–Crippen LogP) is 7.61. The fourth-order valence-corrected chi connectivity index (χ4v) is 4.17. The van der Waals surface area contributed by atoms with Gasteiger partial charge in [-0.15, -0.1) is 0 Å². The van der Waals surface area contributed by atoms with Crippen molar-refractivity contribution in [1.82, 2.24) is 0 Å². The summed E-state index contributed by atoms with van der Waals surface area (Å²) in [5.41, 5.74) is 0. The average Bonchev–Trinajstić information content (AvgIpc) is 2.41. The summed E-state index contributed by atoms with van der Waals surface area (Å²) in [6.07, 6.45) is 18.7. The topological polar surface area (TPSA) is 0 Å². The Hall–Kier alpha value is 0.350. The van der Waals surface area contributed by atoms with Crippen molar-refractivity contribution in [2.75, 3.05) is 0 Å². The minimum absolute atomic E-state index is 0.802. The van der Waals surface area contributed by atoms with Gasteiger partial charge in [-0.25, -0.2) is 0 Å². The number of unbranched alkanes of at least 4 members (excludes halogenated alkanes) is 9. The van der Waals surface area contributed by atoms with Crippen LogP contribution in [0.25, 0.3) is 0 Å². The fraction of sp³-hybridized carbons (Fsp3) is 1.00. The third-order valence-corrected chi connectivity index (χ3v) is 5.37. The SMILES string of the molecule is CCCCCCCCC(CCCCCCC)SC(C)C. The van der Waals surface area contributed by atoms with Crippen LogP contribution in [0.1, 0.15) is 111 Å². The maximum atomic E-state index is 2.36. The van der Waals surface area contributed by atoms with Gasteiger partial charge in [-0.2, -0.15) is 11.8 Å². The maximum absolute atomic E-state index is 2.36. The molecule has 0 aromatic rings. The molecule has 0 aromatic carbocycles. The van der Waals surface area contributed by atoms with Gasteiger partial charge in [-0.05, 0) is 18.1 Å². The van der Waals surface area contributed by atoms with E-state index < -0.39 is 0 Å². The molecule has 0 amide bonds. The van der Waals surface area contributed by atoms with Gasteiger partial charge < -0.3 is 0 Å². The van der Waals surface area contributed by atoms with E-state index in [2.05, 4.69) is 39.5 Å². The molecule has 0 rings (SSSR count). The predicted molar refractivity (Wildman–Crippen MR) is 97.9 cm³/mol. The lowest BCUT2D eigenvalue weighted by Gasteiger charge is -2.18. The molecule has 0 spiro atoms. The summed E-state index contributed by atoms with van der Waals surface area (Å²) >= 11 is 2.23. The van der Waals surface area contributed by atoms with Crippen LogP contribution in [0, 0.1) is 0 Å². The van der Waals surface area contributed by atoms with Gasteiger partial charge in [-0.1, -0.05) is 98.3 Å². The molecule has 0 saturated heterocycles. The molecule has 0 fully saturated rings. The van der Waals surface area contributed by atoms with Crippen LogP contribution < -0.4 is 0 Å². The molecule has 0 N–H and O–H groups in total. The molecule has 1 unspecified atom stereocenters. The van der Waals surface area contributed by atoms with E-state index in [0.29, 0.717) is 0 Å². The van der Waals surface area contributed by atoms with Gasteiger partial charge in [0.05, 0.1) is 0 Å². The lowest BCUT2D eigenvalue weighted by Crippen LogP contribution is -2.07. The molecular formula is C19H40S. The molecule has 0 radical (unpaired) electrons. The van der Waals surface area contributed by atoms with E-state index in [0.717, 1.165) is 10.5 Å². The van der Waals surface area contributed by atoms with Gasteiger partial charge in [0.15, 0.2) is 0 Å². The molecule has 20 heavy (non-hydrogen) atoms. The Kier molecular flexibility index (Phi) is 16.0. The summed E-state index contributed by atoms with van der Waals surface area (Å²) in [5.74, 6) is 0. The van der Waals surface area contributed by atoms with Crippen molar-refractivity contribution in [3.8, 4) is 0 Å². The highest BCUT2D eigenvalue weighted by molar-refractivity contribution is 8.00. The standard InChI is InChI=1S/C19H40S/c1-5-7-9-11-13-15-17-19(20-18(3)4)16-14-12-10-8-6-2/h18-19H,5-17H2,1-4H3. The zero-order valence-electron chi connectivity index (χ0n) is 14.8. The van der Waals surface area contributed by atoms with E-state index in [-0.39, 0.29) is 0 Å². The Bertz CT molecular complexity index is 177. The lowest BCUT2D eigenvalue weighted by atomic mass is 10.0. The van der Waals surface area contributed by atoms with Crippen LogP contribution in [-0.2, 0) is 0 Å². The number of rotatable bonds is 15. The Morgan fingerprint density at radius 3 is 1.40 bits per heavy atom. The van der Waals surface area contributed by atoms with E-state index in [1.54, 1.807) is 0 Å². The van der Waals surface area contributed by atoms with Crippen molar-refractivity contribution in [2.45, 2.75) is 122 Å². The summed E-state index contributed by atoms with van der Waals surface area (Å²) in [4.78, 5) is 0. The summed E-state index contributed by atoms with van der Waals surface area (Å²) < 4.78 is 0. The van der Waals surface area contributed by atoms with Crippen molar-refractivity contribution in [3.63, 3.8) is 0 Å². The van der Waals surface area contributed by atoms with Crippen LogP contribution in [0.5, 0.6) is 0 Å². The summed E-state index contributed by atoms with van der Waals surface area (Å²) in [6, 6.07) is 0. The second-order valence-electron chi connectivity index (χ2n) is 6.57. The minimum atomic E-state index is 0.802. The van der Waals surface area contributed by atoms with Crippen LogP contribution >= 0.6 is 11.8 Å². The minimum Gasteiger partial charge on any atom is -0.156 e. The third kappa shape index (κ3) is 14.8. The molecule has 0 aromatic heterocycles. The van der Waals surface area contributed by atoms with Gasteiger partial charge in [0, 0.05) is 5.25 Å². The molecule has 0 bridgehead atoms. The molecule has 0 aliphatic heterocycles. The molecule has 0 saturated carbocycles. The van der Waals surface area contributed by atoms with E-state index >= 15 is 0 Å². The van der Waals surface area contributed by atoms with Crippen molar-refractivity contribution in [3.05, 3.63) is 0 Å². The summed E-state index contributed by atoms with van der Waals surface area (Å²) in [5, 5.41) is 1.73. The van der Waals surface area contributed by atoms with Gasteiger partial charge >= 0.3 is 0 Å². The number of hydrogen-bond acceptors (Lipinski definition) is 1. The van der Waals surface area contributed by atoms with E-state index in [1.165, 1.54) is 83.5 Å². The smallest absolute Gasteiger partial charge is 0.00496 e. The molecule has 122 valence electrons. The fourth-order valence-electron chi connectivity index (χ4n) is 2.79. The zero-order chi connectivity index (χ0) is 15.1. The van der Waals surface area contributed by atoms with Crippen molar-refractivity contribution >= 4 is 11.8 Å². The van der Waals surface area contributed by atoms with Crippen LogP contribution in [0.15, 0.2) is 0 Å². The Morgan fingerprint density at radius 2 is 1.00 bits per heavy atom. The van der Waals surface area contributed by atoms with Gasteiger partial charge in [-0.3, -0.25) is 0 Å². The normalized spacial score (nSPS) is 13.1. The molecule has 0 aliphatic rings. The van der Waals surface area contributed by atoms with E-state index in [1.807, 2.05) is 0 Å². The average molecular weight is 301 g/mol. The Morgan fingerprint density at radius 1 is 0.600 bits per heavy atom. The summed E-state index contributed by atoms with van der Waals surface area (Å²) in [7, 11) is 0. The largest absolute Gasteiger partial charge is 0.156 e. The molecular weight excluding hydrogens is 260 g/mol. The summed E-state index contributed by atoms with van der Waals surface area (Å²) in [6.45, 7) is 9.32. The third-order valence-electron chi connectivity index (χ3n) is 3.97. The van der Waals surface area contributed by atoms with Crippen molar-refractivity contribution in [1.29, 1.82) is 0 Å². The van der Waals surface area contributed by atoms with Crippen LogP contribution in [0.2, 0.25) is 0 Å². The molecule has 1 heteroatoms. The van der Waals surface area contributed by atoms with Gasteiger partial charge in [0.1, 0.15) is 0 Å². The lowest BCUT2D eigenvalue weighted by molar-refractivity contribution is 0.545. The monoisotopic (exact) mass is 300 g/mol. The second-order valence-corrected chi connectivity index (χ2v) is 8.45. The first-order valence-electron chi connectivity index (χ1n) is 9.36. The zero-order valence-corrected chi connectivity index (χ0v) is 15.6. The highest BCUT2D eigenvalue weighted by Gasteiger charge is 2.10. The van der Waals surface area contributed by atoms with Crippen molar-refractivity contribution in [2.24, 2.45) is 0 Å². The van der Waals surface area contributed by atoms with Gasteiger partial charge in [0.25, 0.3) is 0 Å². The first kappa shape index (κ1) is 20.3. The highest BCUT2D eigenvalue weighted by Crippen LogP contribution is 2.27. The van der Waals surface area contributed by atoms with E-state index in [9.17, 15) is 0 Å². The van der Waals surface area contributed by atoms with E-state index in [4.69, 9.17) is 0 Å². The molecule has 0 aliphatic carbocycles. The molecule has 1 atom stereocenters. The quantitative estimate of drug-likeness (QED) is 0.280. The van der Waals surface area contributed by atoms with Crippen molar-refractivity contribution < 1.29 is 0 Å². The first-order valence-corrected chi connectivity index (χ1v) is 10.3. The molecule has 0 heterocycles. The molecule has 0 nitrogen and oxygen atoms in total. The second kappa shape index (κ2) is 15.7. The number of hydrogen-bond donors (Lipinski definition) is 0. The van der Waals surface area contributed by atoms with Crippen LogP contribution in [-0.4, -0.2) is 10.5 Å². The van der Waals surface area contributed by atoms with Crippen LogP contribution in [0.3, 0.4) is 0 Å². The number of thioether (sulfide) groups is 1. The maximum Gasteiger partial charge on any atom is 0.00496 e. The highest BCUT2D eigenvalue weighted by atomic mass is 32.2. The Balaban J connectivity index is 3.62. The van der Waals surface area contributed by atoms with Crippen LogP contribution in [0.4, 0.5) is 0 Å². The first-order chi connectivity index (χ1) is 9.70.